The molecular weight excluding hydrogens is 299 g/mol. The summed E-state index contributed by atoms with van der Waals surface area (Å²) < 4.78 is 16.2. The molecule has 0 aliphatic carbocycles. The first-order valence-electron chi connectivity index (χ1n) is 5.72. The summed E-state index contributed by atoms with van der Waals surface area (Å²) >= 11 is 3.33. The van der Waals surface area contributed by atoms with E-state index in [-0.39, 0.29) is 5.82 Å². The Kier molecular flexibility index (Phi) is 4.43. The molecule has 0 unspecified atom stereocenters. The molecule has 0 spiro atoms. The lowest BCUT2D eigenvalue weighted by molar-refractivity contribution is 0.554. The van der Waals surface area contributed by atoms with Gasteiger partial charge < -0.3 is 5.32 Å². The van der Waals surface area contributed by atoms with Crippen LogP contribution in [-0.4, -0.2) is 14.8 Å². The van der Waals surface area contributed by atoms with Crippen LogP contribution >= 0.6 is 15.9 Å². The van der Waals surface area contributed by atoms with Crippen molar-refractivity contribution in [2.45, 2.75) is 26.6 Å². The smallest absolute Gasteiger partial charge is 0.140 e. The highest BCUT2D eigenvalue weighted by Crippen LogP contribution is 2.15. The molecule has 1 N–H and O–H groups in total. The zero-order valence-electron chi connectivity index (χ0n) is 10.0. The molecule has 2 rings (SSSR count). The largest absolute Gasteiger partial charge is 0.306 e. The predicted octanol–water partition coefficient (Wildman–Crippen LogP) is 2.49. The predicted molar refractivity (Wildman–Crippen MR) is 70.3 cm³/mol. The number of hydrogen-bond acceptors (Lipinski definition) is 3. The van der Waals surface area contributed by atoms with Crippen molar-refractivity contribution in [2.75, 3.05) is 0 Å². The van der Waals surface area contributed by atoms with Crippen molar-refractivity contribution in [1.29, 1.82) is 0 Å². The van der Waals surface area contributed by atoms with Crippen molar-refractivity contribution >= 4 is 15.9 Å². The summed E-state index contributed by atoms with van der Waals surface area (Å²) in [5.74, 6) is 0.649. The topological polar surface area (TPSA) is 42.7 Å². The summed E-state index contributed by atoms with van der Waals surface area (Å²) in [7, 11) is 0. The third kappa shape index (κ3) is 3.14. The van der Waals surface area contributed by atoms with Gasteiger partial charge in [-0.1, -0.05) is 15.9 Å². The number of aromatic nitrogens is 3. The van der Waals surface area contributed by atoms with Crippen molar-refractivity contribution in [2.24, 2.45) is 0 Å². The average Bonchev–Trinajstić information content (AvgIpc) is 2.81. The minimum Gasteiger partial charge on any atom is -0.306 e. The Morgan fingerprint density at radius 1 is 1.39 bits per heavy atom. The fourth-order valence-electron chi connectivity index (χ4n) is 1.68. The van der Waals surface area contributed by atoms with Gasteiger partial charge in [-0.25, -0.2) is 14.1 Å². The molecule has 0 aliphatic heterocycles. The molecule has 1 heterocycles. The number of aryl methyl sites for hydroxylation is 1. The van der Waals surface area contributed by atoms with Crippen LogP contribution in [0.25, 0.3) is 0 Å². The first kappa shape index (κ1) is 13.2. The quantitative estimate of drug-likeness (QED) is 0.922. The van der Waals surface area contributed by atoms with E-state index in [1.165, 1.54) is 12.4 Å². The van der Waals surface area contributed by atoms with E-state index in [0.717, 1.165) is 16.8 Å². The van der Waals surface area contributed by atoms with Crippen LogP contribution in [0.1, 0.15) is 18.3 Å². The van der Waals surface area contributed by atoms with Gasteiger partial charge in [0.2, 0.25) is 0 Å². The van der Waals surface area contributed by atoms with Gasteiger partial charge in [0.1, 0.15) is 18.0 Å². The van der Waals surface area contributed by atoms with Crippen LogP contribution in [0.15, 0.2) is 29.0 Å². The monoisotopic (exact) mass is 312 g/mol. The highest BCUT2D eigenvalue weighted by molar-refractivity contribution is 9.10. The molecular formula is C12H14BrFN4. The first-order chi connectivity index (χ1) is 8.70. The van der Waals surface area contributed by atoms with Gasteiger partial charge in [0.25, 0.3) is 0 Å². The number of halogens is 2. The molecule has 2 aromatic rings. The van der Waals surface area contributed by atoms with E-state index < -0.39 is 0 Å². The van der Waals surface area contributed by atoms with Crippen LogP contribution in [0.5, 0.6) is 0 Å². The standard InChI is InChI=1S/C12H14BrFN4/c1-2-18-12(16-8-17-18)7-15-6-9-5-10(13)3-4-11(9)14/h3-5,8,15H,2,6-7H2,1H3. The van der Waals surface area contributed by atoms with Gasteiger partial charge in [-0.3, -0.25) is 0 Å². The van der Waals surface area contributed by atoms with E-state index in [1.807, 2.05) is 11.6 Å². The second-order valence-electron chi connectivity index (χ2n) is 3.83. The summed E-state index contributed by atoms with van der Waals surface area (Å²) in [6.07, 6.45) is 1.53. The molecule has 0 aliphatic rings. The molecule has 4 nitrogen and oxygen atoms in total. The highest BCUT2D eigenvalue weighted by Gasteiger charge is 2.05. The number of benzene rings is 1. The Morgan fingerprint density at radius 2 is 2.22 bits per heavy atom. The van der Waals surface area contributed by atoms with Crippen LogP contribution in [0.3, 0.4) is 0 Å². The summed E-state index contributed by atoms with van der Waals surface area (Å²) in [5.41, 5.74) is 0.631. The maximum atomic E-state index is 13.5. The molecule has 0 radical (unpaired) electrons. The number of nitrogens with zero attached hydrogens (tertiary/aromatic N) is 3. The van der Waals surface area contributed by atoms with Gasteiger partial charge in [-0.05, 0) is 25.1 Å². The van der Waals surface area contributed by atoms with E-state index in [9.17, 15) is 4.39 Å². The fourth-order valence-corrected chi connectivity index (χ4v) is 2.09. The molecule has 0 atom stereocenters. The minimum absolute atomic E-state index is 0.206. The van der Waals surface area contributed by atoms with E-state index >= 15 is 0 Å². The van der Waals surface area contributed by atoms with Crippen molar-refractivity contribution < 1.29 is 4.39 Å². The number of rotatable bonds is 5. The Morgan fingerprint density at radius 3 is 3.00 bits per heavy atom. The third-order valence-electron chi connectivity index (χ3n) is 2.60. The molecule has 0 amide bonds. The van der Waals surface area contributed by atoms with Crippen molar-refractivity contribution in [3.8, 4) is 0 Å². The lowest BCUT2D eigenvalue weighted by Gasteiger charge is -2.07. The van der Waals surface area contributed by atoms with Crippen LogP contribution in [0.4, 0.5) is 4.39 Å². The molecule has 96 valence electrons. The summed E-state index contributed by atoms with van der Waals surface area (Å²) in [4.78, 5) is 4.14. The van der Waals surface area contributed by atoms with Crippen molar-refractivity contribution in [3.05, 3.63) is 46.2 Å². The molecule has 0 saturated carbocycles. The molecule has 1 aromatic heterocycles. The van der Waals surface area contributed by atoms with Gasteiger partial charge in [0.05, 0.1) is 6.54 Å². The molecule has 0 fully saturated rings. The summed E-state index contributed by atoms with van der Waals surface area (Å²) in [6.45, 7) is 3.82. The van der Waals surface area contributed by atoms with Crippen LogP contribution in [0, 0.1) is 5.82 Å². The molecule has 6 heteroatoms. The lowest BCUT2D eigenvalue weighted by Crippen LogP contribution is -2.17. The Labute approximate surface area is 113 Å². The van der Waals surface area contributed by atoms with Gasteiger partial charge in [-0.15, -0.1) is 0 Å². The second kappa shape index (κ2) is 6.06. The minimum atomic E-state index is -0.206. The van der Waals surface area contributed by atoms with Crippen LogP contribution in [-0.2, 0) is 19.6 Å². The van der Waals surface area contributed by atoms with Crippen LogP contribution < -0.4 is 5.32 Å². The van der Waals surface area contributed by atoms with Crippen molar-refractivity contribution in [1.82, 2.24) is 20.1 Å². The van der Waals surface area contributed by atoms with Crippen molar-refractivity contribution in [3.63, 3.8) is 0 Å². The molecule has 0 saturated heterocycles. The summed E-state index contributed by atoms with van der Waals surface area (Å²) in [5, 5.41) is 7.24. The first-order valence-corrected chi connectivity index (χ1v) is 6.51. The SMILES string of the molecule is CCn1ncnc1CNCc1cc(Br)ccc1F. The lowest BCUT2D eigenvalue weighted by atomic mass is 10.2. The van der Waals surface area contributed by atoms with Crippen LogP contribution in [0.2, 0.25) is 0 Å². The van der Waals surface area contributed by atoms with Gasteiger partial charge in [-0.2, -0.15) is 5.10 Å². The zero-order chi connectivity index (χ0) is 13.0. The molecule has 18 heavy (non-hydrogen) atoms. The van der Waals surface area contributed by atoms with E-state index in [2.05, 4.69) is 31.3 Å². The fraction of sp³-hybridized carbons (Fsp3) is 0.333. The van der Waals surface area contributed by atoms with E-state index in [4.69, 9.17) is 0 Å². The Hall–Kier alpha value is -1.27. The average molecular weight is 313 g/mol. The number of hydrogen-bond donors (Lipinski definition) is 1. The second-order valence-corrected chi connectivity index (χ2v) is 4.75. The number of nitrogens with one attached hydrogen (secondary N) is 1. The maximum absolute atomic E-state index is 13.5. The maximum Gasteiger partial charge on any atom is 0.140 e. The highest BCUT2D eigenvalue weighted by atomic mass is 79.9. The summed E-state index contributed by atoms with van der Waals surface area (Å²) in [6, 6.07) is 4.91. The van der Waals surface area contributed by atoms with Gasteiger partial charge in [0.15, 0.2) is 0 Å². The Balaban J connectivity index is 1.94. The zero-order valence-corrected chi connectivity index (χ0v) is 11.6. The third-order valence-corrected chi connectivity index (χ3v) is 3.09. The van der Waals surface area contributed by atoms with Gasteiger partial charge in [0, 0.05) is 23.1 Å². The molecule has 0 bridgehead atoms. The Bertz CT molecular complexity index is 527. The molecule has 1 aromatic carbocycles. The van der Waals surface area contributed by atoms with Gasteiger partial charge >= 0.3 is 0 Å². The van der Waals surface area contributed by atoms with E-state index in [1.54, 1.807) is 12.1 Å². The normalized spacial score (nSPS) is 10.8. The van der Waals surface area contributed by atoms with E-state index in [0.29, 0.717) is 18.7 Å².